The van der Waals surface area contributed by atoms with Crippen molar-refractivity contribution in [3.8, 4) is 0 Å². The second kappa shape index (κ2) is 7.35. The number of benzene rings is 1. The summed E-state index contributed by atoms with van der Waals surface area (Å²) in [7, 11) is 0. The first-order chi connectivity index (χ1) is 10.5. The van der Waals surface area contributed by atoms with Crippen molar-refractivity contribution in [3.63, 3.8) is 0 Å². The maximum absolute atomic E-state index is 13.1. The number of carboxylic acid groups (broad SMARTS) is 1. The van der Waals surface area contributed by atoms with Crippen LogP contribution in [0.4, 0.5) is 4.39 Å². The molecule has 1 amide bonds. The van der Waals surface area contributed by atoms with Crippen LogP contribution in [0.5, 0.6) is 0 Å². The number of hydrogen-bond acceptors (Lipinski definition) is 3. The largest absolute Gasteiger partial charge is 0.481 e. The third-order valence-electron chi connectivity index (χ3n) is 4.09. The van der Waals surface area contributed by atoms with Gasteiger partial charge in [-0.1, -0.05) is 12.1 Å². The normalized spacial score (nSPS) is 17.3. The number of carbonyl (C=O) groups excluding carboxylic acids is 1. The van der Waals surface area contributed by atoms with Crippen molar-refractivity contribution in [2.75, 3.05) is 26.2 Å². The smallest absolute Gasteiger partial charge is 0.303 e. The average Bonchev–Trinajstić information content (AvgIpc) is 2.49. The van der Waals surface area contributed by atoms with E-state index in [-0.39, 0.29) is 24.2 Å². The first-order valence-corrected chi connectivity index (χ1v) is 7.44. The summed E-state index contributed by atoms with van der Waals surface area (Å²) >= 11 is 0. The van der Waals surface area contributed by atoms with Gasteiger partial charge in [0.25, 0.3) is 0 Å². The van der Waals surface area contributed by atoms with Crippen molar-refractivity contribution < 1.29 is 19.1 Å². The molecule has 1 saturated heterocycles. The zero-order valence-electron chi connectivity index (χ0n) is 12.7. The van der Waals surface area contributed by atoms with Crippen LogP contribution in [-0.4, -0.2) is 53.0 Å². The number of halogens is 1. The number of piperazine rings is 1. The third kappa shape index (κ3) is 4.27. The Bertz CT molecular complexity index is 525. The average molecular weight is 308 g/mol. The number of carbonyl (C=O) groups is 2. The van der Waals surface area contributed by atoms with Gasteiger partial charge in [-0.05, 0) is 24.1 Å². The second-order valence-electron chi connectivity index (χ2n) is 5.54. The molecule has 1 aliphatic heterocycles. The minimum atomic E-state index is -0.838. The van der Waals surface area contributed by atoms with Gasteiger partial charge in [-0.15, -0.1) is 0 Å². The van der Waals surface area contributed by atoms with Crippen molar-refractivity contribution in [2.24, 2.45) is 0 Å². The van der Waals surface area contributed by atoms with Gasteiger partial charge in [0.05, 0.1) is 0 Å². The summed E-state index contributed by atoms with van der Waals surface area (Å²) in [5, 5.41) is 8.94. The van der Waals surface area contributed by atoms with E-state index in [0.717, 1.165) is 5.56 Å². The van der Waals surface area contributed by atoms with Crippen molar-refractivity contribution >= 4 is 11.9 Å². The Morgan fingerprint density at radius 2 is 1.77 bits per heavy atom. The van der Waals surface area contributed by atoms with Crippen LogP contribution in [-0.2, 0) is 9.59 Å². The molecule has 0 unspecified atom stereocenters. The minimum absolute atomic E-state index is 0.0588. The predicted molar refractivity (Wildman–Crippen MR) is 79.8 cm³/mol. The monoisotopic (exact) mass is 308 g/mol. The fourth-order valence-corrected chi connectivity index (χ4v) is 2.85. The van der Waals surface area contributed by atoms with Gasteiger partial charge < -0.3 is 10.0 Å². The molecule has 0 spiro atoms. The van der Waals surface area contributed by atoms with Crippen molar-refractivity contribution in [3.05, 3.63) is 35.6 Å². The molecule has 120 valence electrons. The van der Waals surface area contributed by atoms with E-state index in [1.807, 2.05) is 0 Å². The highest BCUT2D eigenvalue weighted by Crippen LogP contribution is 2.27. The molecule has 22 heavy (non-hydrogen) atoms. The Labute approximate surface area is 129 Å². The lowest BCUT2D eigenvalue weighted by atomic mass is 9.99. The fourth-order valence-electron chi connectivity index (χ4n) is 2.85. The molecule has 0 radical (unpaired) electrons. The topological polar surface area (TPSA) is 60.9 Å². The van der Waals surface area contributed by atoms with Gasteiger partial charge in [0.2, 0.25) is 5.91 Å². The Balaban J connectivity index is 2.09. The van der Waals surface area contributed by atoms with Gasteiger partial charge in [0.1, 0.15) is 5.82 Å². The number of amides is 1. The highest BCUT2D eigenvalue weighted by Gasteiger charge is 2.26. The van der Waals surface area contributed by atoms with Gasteiger partial charge in [-0.3, -0.25) is 14.5 Å². The van der Waals surface area contributed by atoms with Crippen LogP contribution < -0.4 is 0 Å². The Morgan fingerprint density at radius 1 is 1.18 bits per heavy atom. The quantitative estimate of drug-likeness (QED) is 0.902. The first kappa shape index (κ1) is 16.4. The van der Waals surface area contributed by atoms with E-state index in [1.165, 1.54) is 12.1 Å². The highest BCUT2D eigenvalue weighted by atomic mass is 19.1. The van der Waals surface area contributed by atoms with Crippen LogP contribution in [0, 0.1) is 5.82 Å². The van der Waals surface area contributed by atoms with E-state index in [0.29, 0.717) is 32.6 Å². The Kier molecular flexibility index (Phi) is 5.49. The van der Waals surface area contributed by atoms with E-state index in [9.17, 15) is 14.0 Å². The second-order valence-corrected chi connectivity index (χ2v) is 5.54. The Hall–Kier alpha value is -1.95. The van der Waals surface area contributed by atoms with Crippen LogP contribution in [0.25, 0.3) is 0 Å². The van der Waals surface area contributed by atoms with Crippen molar-refractivity contribution in [1.29, 1.82) is 0 Å². The lowest BCUT2D eigenvalue weighted by molar-refractivity contribution is -0.137. The molecule has 1 N–H and O–H groups in total. The lowest BCUT2D eigenvalue weighted by Gasteiger charge is -2.39. The van der Waals surface area contributed by atoms with Crippen molar-refractivity contribution in [2.45, 2.75) is 25.8 Å². The summed E-state index contributed by atoms with van der Waals surface area (Å²) in [5.74, 6) is -1.08. The molecule has 1 aromatic carbocycles. The van der Waals surface area contributed by atoms with E-state index in [2.05, 4.69) is 4.90 Å². The molecule has 2 rings (SSSR count). The molecule has 1 fully saturated rings. The summed E-state index contributed by atoms with van der Waals surface area (Å²) < 4.78 is 13.1. The molecule has 6 heteroatoms. The van der Waals surface area contributed by atoms with Gasteiger partial charge >= 0.3 is 5.97 Å². The third-order valence-corrected chi connectivity index (χ3v) is 4.09. The molecule has 1 heterocycles. The van der Waals surface area contributed by atoms with Crippen LogP contribution in [0.2, 0.25) is 0 Å². The summed E-state index contributed by atoms with van der Waals surface area (Å²) in [6, 6.07) is 6.15. The van der Waals surface area contributed by atoms with E-state index in [4.69, 9.17) is 5.11 Å². The standard InChI is InChI=1S/C16H21FN2O3/c1-12(20)18-8-10-19(11-9-18)15(6-7-16(21)22)13-2-4-14(17)5-3-13/h2-5,15H,6-11H2,1H3,(H,21,22)/t15-/m1/s1. The van der Waals surface area contributed by atoms with E-state index < -0.39 is 5.97 Å². The molecule has 0 saturated carbocycles. The van der Waals surface area contributed by atoms with Crippen LogP contribution >= 0.6 is 0 Å². The Morgan fingerprint density at radius 3 is 2.27 bits per heavy atom. The molecule has 0 aliphatic carbocycles. The molecule has 0 bridgehead atoms. The van der Waals surface area contributed by atoms with E-state index in [1.54, 1.807) is 24.0 Å². The minimum Gasteiger partial charge on any atom is -0.481 e. The predicted octanol–water partition coefficient (Wildman–Crippen LogP) is 1.90. The number of carboxylic acids is 1. The molecular weight excluding hydrogens is 287 g/mol. The lowest BCUT2D eigenvalue weighted by Crippen LogP contribution is -2.49. The molecule has 1 aromatic rings. The first-order valence-electron chi connectivity index (χ1n) is 7.44. The van der Waals surface area contributed by atoms with Crippen LogP contribution in [0.3, 0.4) is 0 Å². The highest BCUT2D eigenvalue weighted by molar-refractivity contribution is 5.73. The molecule has 1 atom stereocenters. The summed E-state index contributed by atoms with van der Waals surface area (Å²) in [6.07, 6.45) is 0.538. The van der Waals surface area contributed by atoms with Gasteiger partial charge in [-0.25, -0.2) is 4.39 Å². The van der Waals surface area contributed by atoms with Crippen molar-refractivity contribution in [1.82, 2.24) is 9.80 Å². The maximum Gasteiger partial charge on any atom is 0.303 e. The zero-order chi connectivity index (χ0) is 16.1. The summed E-state index contributed by atoms with van der Waals surface area (Å²) in [6.45, 7) is 4.22. The van der Waals surface area contributed by atoms with Gasteiger partial charge in [0.15, 0.2) is 0 Å². The van der Waals surface area contributed by atoms with Crippen LogP contribution in [0.15, 0.2) is 24.3 Å². The van der Waals surface area contributed by atoms with Gasteiger partial charge in [-0.2, -0.15) is 0 Å². The SMILES string of the molecule is CC(=O)N1CCN([C@H](CCC(=O)O)c2ccc(F)cc2)CC1. The maximum atomic E-state index is 13.1. The van der Waals surface area contributed by atoms with Crippen LogP contribution in [0.1, 0.15) is 31.4 Å². The summed E-state index contributed by atoms with van der Waals surface area (Å²) in [5.41, 5.74) is 0.916. The number of aliphatic carboxylic acids is 1. The summed E-state index contributed by atoms with van der Waals surface area (Å²) in [4.78, 5) is 26.2. The molecule has 5 nitrogen and oxygen atoms in total. The number of rotatable bonds is 5. The number of nitrogens with zero attached hydrogens (tertiary/aromatic N) is 2. The fraction of sp³-hybridized carbons (Fsp3) is 0.500. The van der Waals surface area contributed by atoms with Gasteiger partial charge in [0, 0.05) is 45.6 Å². The number of hydrogen-bond donors (Lipinski definition) is 1. The molecule has 0 aromatic heterocycles. The molecular formula is C16H21FN2O3. The zero-order valence-corrected chi connectivity index (χ0v) is 12.7. The molecule has 1 aliphatic rings. The van der Waals surface area contributed by atoms with E-state index >= 15 is 0 Å².